The summed E-state index contributed by atoms with van der Waals surface area (Å²) in [4.78, 5) is 6.21. The van der Waals surface area contributed by atoms with Gasteiger partial charge in [-0.25, -0.2) is 9.37 Å². The summed E-state index contributed by atoms with van der Waals surface area (Å²) in [5.41, 5.74) is 0. The maximum Gasteiger partial charge on any atom is 0.126 e. The van der Waals surface area contributed by atoms with Crippen LogP contribution in [0.3, 0.4) is 0 Å². The van der Waals surface area contributed by atoms with E-state index < -0.39 is 0 Å². The van der Waals surface area contributed by atoms with Crippen molar-refractivity contribution in [2.75, 3.05) is 12.4 Å². The van der Waals surface area contributed by atoms with E-state index in [1.807, 2.05) is 19.2 Å². The lowest BCUT2D eigenvalue weighted by atomic mass is 10.4. The van der Waals surface area contributed by atoms with Crippen molar-refractivity contribution in [2.24, 2.45) is 0 Å². The topological polar surface area (TPSA) is 24.9 Å². The van der Waals surface area contributed by atoms with Crippen LogP contribution in [0.2, 0.25) is 0 Å². The Kier molecular flexibility index (Phi) is 3.41. The molecule has 0 unspecified atom stereocenters. The van der Waals surface area contributed by atoms with Crippen molar-refractivity contribution in [2.45, 2.75) is 9.79 Å². The molecule has 82 valence electrons. The Hall–Kier alpha value is -1.55. The Morgan fingerprint density at radius 2 is 1.88 bits per heavy atom. The lowest BCUT2D eigenvalue weighted by Gasteiger charge is -2.03. The molecule has 0 spiro atoms. The van der Waals surface area contributed by atoms with Gasteiger partial charge >= 0.3 is 0 Å². The van der Waals surface area contributed by atoms with Gasteiger partial charge in [0.05, 0.1) is 0 Å². The van der Waals surface area contributed by atoms with Crippen LogP contribution in [0.15, 0.2) is 52.4 Å². The van der Waals surface area contributed by atoms with Crippen molar-refractivity contribution in [1.82, 2.24) is 4.98 Å². The minimum absolute atomic E-state index is 0.213. The zero-order valence-electron chi connectivity index (χ0n) is 8.77. The molecule has 0 aliphatic heterocycles. The molecular formula is C12H11FN2S. The molecule has 1 aromatic carbocycles. The van der Waals surface area contributed by atoms with Gasteiger partial charge in [0.1, 0.15) is 11.6 Å². The van der Waals surface area contributed by atoms with E-state index in [4.69, 9.17) is 0 Å². The summed E-state index contributed by atoms with van der Waals surface area (Å²) in [6, 6.07) is 10.3. The second kappa shape index (κ2) is 4.99. The Bertz CT molecular complexity index is 471. The third-order valence-electron chi connectivity index (χ3n) is 2.04. The zero-order valence-corrected chi connectivity index (χ0v) is 9.59. The summed E-state index contributed by atoms with van der Waals surface area (Å²) in [6.45, 7) is 0. The van der Waals surface area contributed by atoms with Gasteiger partial charge in [-0.15, -0.1) is 0 Å². The number of halogens is 1. The molecule has 0 saturated heterocycles. The van der Waals surface area contributed by atoms with Crippen LogP contribution in [0.5, 0.6) is 0 Å². The van der Waals surface area contributed by atoms with E-state index in [-0.39, 0.29) is 5.82 Å². The molecule has 16 heavy (non-hydrogen) atoms. The van der Waals surface area contributed by atoms with Gasteiger partial charge in [0, 0.05) is 23.0 Å². The zero-order chi connectivity index (χ0) is 11.4. The molecule has 4 heteroatoms. The van der Waals surface area contributed by atoms with Crippen LogP contribution in [0.25, 0.3) is 0 Å². The molecule has 2 aromatic rings. The Morgan fingerprint density at radius 3 is 2.56 bits per heavy atom. The van der Waals surface area contributed by atoms with E-state index in [0.717, 1.165) is 15.6 Å². The first-order valence-electron chi connectivity index (χ1n) is 4.85. The molecule has 1 aromatic heterocycles. The van der Waals surface area contributed by atoms with Gasteiger partial charge in [-0.2, -0.15) is 0 Å². The molecule has 2 nitrogen and oxygen atoms in total. The predicted molar refractivity (Wildman–Crippen MR) is 64.3 cm³/mol. The van der Waals surface area contributed by atoms with Crippen molar-refractivity contribution < 1.29 is 4.39 Å². The molecule has 0 aliphatic rings. The maximum atomic E-state index is 12.7. The van der Waals surface area contributed by atoms with Crippen LogP contribution < -0.4 is 5.32 Å². The van der Waals surface area contributed by atoms with Crippen molar-refractivity contribution in [1.29, 1.82) is 0 Å². The molecule has 0 atom stereocenters. The summed E-state index contributed by atoms with van der Waals surface area (Å²) in [5.74, 6) is 0.613. The van der Waals surface area contributed by atoms with Gasteiger partial charge in [0.2, 0.25) is 0 Å². The molecular weight excluding hydrogens is 223 g/mol. The highest BCUT2D eigenvalue weighted by molar-refractivity contribution is 7.99. The number of aromatic nitrogens is 1. The highest BCUT2D eigenvalue weighted by atomic mass is 32.2. The number of nitrogens with one attached hydrogen (secondary N) is 1. The van der Waals surface area contributed by atoms with Crippen LogP contribution in [0.1, 0.15) is 0 Å². The minimum atomic E-state index is -0.213. The fourth-order valence-electron chi connectivity index (χ4n) is 1.25. The highest BCUT2D eigenvalue weighted by Crippen LogP contribution is 2.28. The van der Waals surface area contributed by atoms with E-state index in [1.165, 1.54) is 12.1 Å². The quantitative estimate of drug-likeness (QED) is 0.881. The van der Waals surface area contributed by atoms with Crippen LogP contribution in [-0.4, -0.2) is 12.0 Å². The van der Waals surface area contributed by atoms with Crippen molar-refractivity contribution >= 4 is 17.6 Å². The molecule has 0 radical (unpaired) electrons. The first kappa shape index (κ1) is 11.0. The largest absolute Gasteiger partial charge is 0.373 e. The van der Waals surface area contributed by atoms with Crippen molar-refractivity contribution in [3.05, 3.63) is 48.4 Å². The molecule has 0 aliphatic carbocycles. The normalized spacial score (nSPS) is 10.1. The van der Waals surface area contributed by atoms with Crippen molar-refractivity contribution in [3.63, 3.8) is 0 Å². The molecule has 1 heterocycles. The number of nitrogens with zero attached hydrogens (tertiary/aromatic N) is 1. The highest BCUT2D eigenvalue weighted by Gasteiger charge is 1.99. The number of benzene rings is 1. The fourth-order valence-corrected chi connectivity index (χ4v) is 2.09. The van der Waals surface area contributed by atoms with Gasteiger partial charge in [0.15, 0.2) is 0 Å². The SMILES string of the molecule is CNc1cc(Sc2ccc(F)cc2)ccn1. The smallest absolute Gasteiger partial charge is 0.126 e. The molecule has 0 saturated carbocycles. The van der Waals surface area contributed by atoms with E-state index >= 15 is 0 Å². The molecule has 0 amide bonds. The molecule has 2 rings (SSSR count). The first-order valence-corrected chi connectivity index (χ1v) is 5.67. The number of hydrogen-bond donors (Lipinski definition) is 1. The molecule has 0 fully saturated rings. The predicted octanol–water partition coefficient (Wildman–Crippen LogP) is 3.41. The van der Waals surface area contributed by atoms with Gasteiger partial charge in [-0.05, 0) is 36.4 Å². The average Bonchev–Trinajstić information content (AvgIpc) is 2.32. The van der Waals surface area contributed by atoms with Gasteiger partial charge in [0.25, 0.3) is 0 Å². The second-order valence-electron chi connectivity index (χ2n) is 3.18. The monoisotopic (exact) mass is 234 g/mol. The number of rotatable bonds is 3. The summed E-state index contributed by atoms with van der Waals surface area (Å²) in [6.07, 6.45) is 1.75. The summed E-state index contributed by atoms with van der Waals surface area (Å²) < 4.78 is 12.7. The average molecular weight is 234 g/mol. The van der Waals surface area contributed by atoms with E-state index in [1.54, 1.807) is 30.1 Å². The Balaban J connectivity index is 2.16. The number of pyridine rings is 1. The summed E-state index contributed by atoms with van der Waals surface area (Å²) in [7, 11) is 1.83. The maximum absolute atomic E-state index is 12.7. The molecule has 1 N–H and O–H groups in total. The lowest BCUT2D eigenvalue weighted by Crippen LogP contribution is -1.90. The van der Waals surface area contributed by atoms with E-state index in [2.05, 4.69) is 10.3 Å². The third kappa shape index (κ3) is 2.73. The Labute approximate surface area is 97.9 Å². The van der Waals surface area contributed by atoms with Gasteiger partial charge in [-0.1, -0.05) is 11.8 Å². The third-order valence-corrected chi connectivity index (χ3v) is 3.03. The molecule has 0 bridgehead atoms. The van der Waals surface area contributed by atoms with Crippen molar-refractivity contribution in [3.8, 4) is 0 Å². The Morgan fingerprint density at radius 1 is 1.12 bits per heavy atom. The first-order chi connectivity index (χ1) is 7.78. The van der Waals surface area contributed by atoms with E-state index in [9.17, 15) is 4.39 Å². The number of hydrogen-bond acceptors (Lipinski definition) is 3. The van der Waals surface area contributed by atoms with Crippen LogP contribution in [0, 0.1) is 5.82 Å². The lowest BCUT2D eigenvalue weighted by molar-refractivity contribution is 0.626. The summed E-state index contributed by atoms with van der Waals surface area (Å²) in [5, 5.41) is 2.98. The fraction of sp³-hybridized carbons (Fsp3) is 0.0833. The van der Waals surface area contributed by atoms with Crippen LogP contribution in [0.4, 0.5) is 10.2 Å². The van der Waals surface area contributed by atoms with Crippen LogP contribution >= 0.6 is 11.8 Å². The van der Waals surface area contributed by atoms with Gasteiger partial charge in [-0.3, -0.25) is 0 Å². The van der Waals surface area contributed by atoms with Gasteiger partial charge < -0.3 is 5.32 Å². The summed E-state index contributed by atoms with van der Waals surface area (Å²) >= 11 is 1.58. The van der Waals surface area contributed by atoms with E-state index in [0.29, 0.717) is 0 Å². The van der Waals surface area contributed by atoms with Crippen LogP contribution in [-0.2, 0) is 0 Å². The number of anilines is 1. The minimum Gasteiger partial charge on any atom is -0.373 e. The standard InChI is InChI=1S/C12H11FN2S/c1-14-12-8-11(6-7-15-12)16-10-4-2-9(13)3-5-10/h2-8H,1H3,(H,14,15). The second-order valence-corrected chi connectivity index (χ2v) is 4.33.